The molecule has 0 fully saturated rings. The second kappa shape index (κ2) is 6.31. The lowest BCUT2D eigenvalue weighted by molar-refractivity contribution is 0.388. The van der Waals surface area contributed by atoms with E-state index in [2.05, 4.69) is 45.3 Å². The molecule has 104 valence electrons. The molecule has 0 aliphatic heterocycles. The number of hydrogen-bond donors (Lipinski definition) is 2. The molecule has 0 aliphatic carbocycles. The Bertz CT molecular complexity index is 522. The van der Waals surface area contributed by atoms with E-state index in [9.17, 15) is 0 Å². The molecule has 0 aliphatic rings. The smallest absolute Gasteiger partial charge is 0.169 e. The molecule has 0 spiro atoms. The van der Waals surface area contributed by atoms with Crippen molar-refractivity contribution in [2.45, 2.75) is 32.9 Å². The molecule has 0 saturated heterocycles. The zero-order chi connectivity index (χ0) is 13.8. The number of nitrogens with two attached hydrogens (primary N) is 1. The van der Waals surface area contributed by atoms with E-state index in [-0.39, 0.29) is 6.04 Å². The molecule has 2 aromatic rings. The second-order valence-electron chi connectivity index (χ2n) is 4.82. The highest BCUT2D eigenvalue weighted by atomic mass is 79.9. The third-order valence-electron chi connectivity index (χ3n) is 2.76. The van der Waals surface area contributed by atoms with Crippen molar-refractivity contribution in [3.63, 3.8) is 0 Å². The maximum absolute atomic E-state index is 5.60. The van der Waals surface area contributed by atoms with Crippen molar-refractivity contribution >= 4 is 15.9 Å². The van der Waals surface area contributed by atoms with Gasteiger partial charge in [-0.15, -0.1) is 0 Å². The summed E-state index contributed by atoms with van der Waals surface area (Å²) < 4.78 is 8.12. The summed E-state index contributed by atoms with van der Waals surface area (Å²) in [4.78, 5) is 4.29. The van der Waals surface area contributed by atoms with Gasteiger partial charge in [0.15, 0.2) is 4.67 Å². The summed E-state index contributed by atoms with van der Waals surface area (Å²) in [5.41, 5.74) is 2.75. The van der Waals surface area contributed by atoms with Crippen LogP contribution in [-0.4, -0.2) is 14.8 Å². The molecule has 7 heteroatoms. The van der Waals surface area contributed by atoms with Gasteiger partial charge in [-0.05, 0) is 34.0 Å². The lowest BCUT2D eigenvalue weighted by Crippen LogP contribution is -2.30. The monoisotopic (exact) mass is 327 g/mol. The fourth-order valence-corrected chi connectivity index (χ4v) is 2.20. The van der Waals surface area contributed by atoms with Crippen LogP contribution in [0.5, 0.6) is 0 Å². The Morgan fingerprint density at radius 3 is 2.84 bits per heavy atom. The molecule has 0 saturated carbocycles. The molecular weight excluding hydrogens is 310 g/mol. The van der Waals surface area contributed by atoms with Gasteiger partial charge in [0.05, 0.1) is 6.04 Å². The largest absolute Gasteiger partial charge is 0.453 e. The van der Waals surface area contributed by atoms with Gasteiger partial charge in [-0.1, -0.05) is 13.8 Å². The number of hydrazine groups is 1. The lowest BCUT2D eigenvalue weighted by Gasteiger charge is -2.14. The zero-order valence-electron chi connectivity index (χ0n) is 11.0. The quantitative estimate of drug-likeness (QED) is 0.626. The van der Waals surface area contributed by atoms with Crippen molar-refractivity contribution < 1.29 is 4.42 Å². The summed E-state index contributed by atoms with van der Waals surface area (Å²) in [6, 6.07) is 3.61. The van der Waals surface area contributed by atoms with Crippen LogP contribution in [0.1, 0.15) is 31.5 Å². The summed E-state index contributed by atoms with van der Waals surface area (Å²) in [7, 11) is 0. The first kappa shape index (κ1) is 14.2. The summed E-state index contributed by atoms with van der Waals surface area (Å²) >= 11 is 3.29. The van der Waals surface area contributed by atoms with E-state index >= 15 is 0 Å². The molecule has 0 bridgehead atoms. The number of rotatable bonds is 6. The molecule has 6 nitrogen and oxygen atoms in total. The normalized spacial score (nSPS) is 13.1. The van der Waals surface area contributed by atoms with Crippen molar-refractivity contribution in [2.75, 3.05) is 0 Å². The van der Waals surface area contributed by atoms with Crippen LogP contribution in [0.4, 0.5) is 0 Å². The van der Waals surface area contributed by atoms with Crippen LogP contribution in [0, 0.1) is 5.92 Å². The van der Waals surface area contributed by atoms with Gasteiger partial charge in [0.25, 0.3) is 0 Å². The molecule has 3 N–H and O–H groups in total. The Kier molecular flexibility index (Phi) is 4.73. The predicted octanol–water partition coefficient (Wildman–Crippen LogP) is 2.04. The van der Waals surface area contributed by atoms with Gasteiger partial charge >= 0.3 is 0 Å². The summed E-state index contributed by atoms with van der Waals surface area (Å²) in [6.07, 6.45) is 2.20. The maximum atomic E-state index is 5.60. The Morgan fingerprint density at radius 1 is 1.47 bits per heavy atom. The molecule has 1 unspecified atom stereocenters. The number of hydrogen-bond acceptors (Lipinski definition) is 5. The predicted molar refractivity (Wildman–Crippen MR) is 75.0 cm³/mol. The zero-order valence-corrected chi connectivity index (χ0v) is 12.6. The lowest BCUT2D eigenvalue weighted by atomic mass is 10.1. The summed E-state index contributed by atoms with van der Waals surface area (Å²) in [5, 5.41) is 4.24. The van der Waals surface area contributed by atoms with Crippen LogP contribution < -0.4 is 11.3 Å². The van der Waals surface area contributed by atoms with Crippen LogP contribution in [0.15, 0.2) is 27.5 Å². The highest BCUT2D eigenvalue weighted by molar-refractivity contribution is 9.10. The average molecular weight is 328 g/mol. The van der Waals surface area contributed by atoms with Crippen LogP contribution in [0.3, 0.4) is 0 Å². The number of furan rings is 1. The van der Waals surface area contributed by atoms with Crippen molar-refractivity contribution in [3.05, 3.63) is 34.7 Å². The van der Waals surface area contributed by atoms with E-state index in [1.54, 1.807) is 6.33 Å². The second-order valence-corrected chi connectivity index (χ2v) is 5.60. The van der Waals surface area contributed by atoms with Gasteiger partial charge in [-0.3, -0.25) is 5.84 Å². The minimum Gasteiger partial charge on any atom is -0.453 e. The molecule has 2 aromatic heterocycles. The molecule has 0 amide bonds. The minimum absolute atomic E-state index is 0.124. The van der Waals surface area contributed by atoms with E-state index in [0.29, 0.717) is 17.0 Å². The molecule has 2 heterocycles. The minimum atomic E-state index is -0.124. The first-order valence-electron chi connectivity index (χ1n) is 6.18. The van der Waals surface area contributed by atoms with Crippen LogP contribution in [0.25, 0.3) is 0 Å². The van der Waals surface area contributed by atoms with Gasteiger partial charge in [-0.2, -0.15) is 5.10 Å². The molecule has 0 radical (unpaired) electrons. The first-order valence-corrected chi connectivity index (χ1v) is 6.97. The van der Waals surface area contributed by atoms with E-state index in [1.807, 2.05) is 16.8 Å². The van der Waals surface area contributed by atoms with Crippen LogP contribution in [-0.2, 0) is 13.0 Å². The number of aromatic nitrogens is 3. The Balaban J connectivity index is 2.12. The third-order valence-corrected chi connectivity index (χ3v) is 3.19. The molecule has 19 heavy (non-hydrogen) atoms. The van der Waals surface area contributed by atoms with Crippen molar-refractivity contribution in [1.82, 2.24) is 20.2 Å². The first-order chi connectivity index (χ1) is 9.10. The third kappa shape index (κ3) is 3.65. The van der Waals surface area contributed by atoms with Gasteiger partial charge in [0.2, 0.25) is 0 Å². The SMILES string of the molecule is CC(C)Cn1ncnc1CC(NN)c1ccc(Br)o1. The Morgan fingerprint density at radius 2 is 2.26 bits per heavy atom. The molecule has 2 rings (SSSR count). The molecular formula is C12H18BrN5O. The highest BCUT2D eigenvalue weighted by Crippen LogP contribution is 2.22. The Hall–Kier alpha value is -1.18. The fraction of sp³-hybridized carbons (Fsp3) is 0.500. The van der Waals surface area contributed by atoms with Gasteiger partial charge in [-0.25, -0.2) is 15.1 Å². The fourth-order valence-electron chi connectivity index (χ4n) is 1.88. The Labute approximate surface area is 120 Å². The van der Waals surface area contributed by atoms with Gasteiger partial charge < -0.3 is 4.42 Å². The standard InChI is InChI=1S/C12H18BrN5O/c1-8(2)6-18-12(15-7-16-18)5-9(17-14)10-3-4-11(13)19-10/h3-4,7-9,17H,5-6,14H2,1-2H3. The number of nitrogens with zero attached hydrogens (tertiary/aromatic N) is 3. The number of halogens is 1. The number of nitrogens with one attached hydrogen (secondary N) is 1. The topological polar surface area (TPSA) is 81.9 Å². The van der Waals surface area contributed by atoms with E-state index in [1.165, 1.54) is 0 Å². The molecule has 0 aromatic carbocycles. The highest BCUT2D eigenvalue weighted by Gasteiger charge is 2.18. The van der Waals surface area contributed by atoms with Crippen LogP contribution >= 0.6 is 15.9 Å². The summed E-state index contributed by atoms with van der Waals surface area (Å²) in [6.45, 7) is 5.13. The van der Waals surface area contributed by atoms with Gasteiger partial charge in [0, 0.05) is 13.0 Å². The van der Waals surface area contributed by atoms with E-state index in [4.69, 9.17) is 10.3 Å². The summed E-state index contributed by atoms with van der Waals surface area (Å²) in [5.74, 6) is 7.78. The van der Waals surface area contributed by atoms with Gasteiger partial charge in [0.1, 0.15) is 17.9 Å². The van der Waals surface area contributed by atoms with E-state index < -0.39 is 0 Å². The maximum Gasteiger partial charge on any atom is 0.169 e. The van der Waals surface area contributed by atoms with Crippen LogP contribution in [0.2, 0.25) is 0 Å². The van der Waals surface area contributed by atoms with Crippen molar-refractivity contribution in [1.29, 1.82) is 0 Å². The van der Waals surface area contributed by atoms with Crippen molar-refractivity contribution in [2.24, 2.45) is 11.8 Å². The van der Waals surface area contributed by atoms with E-state index in [0.717, 1.165) is 18.1 Å². The van der Waals surface area contributed by atoms with Crippen molar-refractivity contribution in [3.8, 4) is 0 Å². The molecule has 1 atom stereocenters. The average Bonchev–Trinajstić information content (AvgIpc) is 2.95.